The Morgan fingerprint density at radius 2 is 1.80 bits per heavy atom. The normalized spacial score (nSPS) is 17.1. The molecule has 1 aliphatic heterocycles. The third-order valence-corrected chi connectivity index (χ3v) is 7.07. The number of nitriles is 1. The Balaban J connectivity index is 1.84. The summed E-state index contributed by atoms with van der Waals surface area (Å²) in [6.07, 6.45) is -3.35. The van der Waals surface area contributed by atoms with Crippen LogP contribution in [-0.2, 0) is 13.1 Å². The van der Waals surface area contributed by atoms with E-state index in [1.54, 1.807) is 18.9 Å². The lowest BCUT2D eigenvalue weighted by Crippen LogP contribution is -2.38. The maximum absolute atomic E-state index is 14.3. The van der Waals surface area contributed by atoms with Crippen LogP contribution >= 0.6 is 0 Å². The van der Waals surface area contributed by atoms with Crippen molar-refractivity contribution in [2.45, 2.75) is 32.1 Å². The van der Waals surface area contributed by atoms with Gasteiger partial charge in [0.15, 0.2) is 5.82 Å². The zero-order valence-corrected chi connectivity index (χ0v) is 22.6. The number of urea groups is 1. The molecule has 40 heavy (non-hydrogen) atoms. The van der Waals surface area contributed by atoms with Gasteiger partial charge in [0.25, 0.3) is 5.91 Å². The van der Waals surface area contributed by atoms with E-state index in [0.717, 1.165) is 20.7 Å². The summed E-state index contributed by atoms with van der Waals surface area (Å²) in [5, 5.41) is 14.6. The van der Waals surface area contributed by atoms with Crippen LogP contribution in [0.3, 0.4) is 0 Å². The summed E-state index contributed by atoms with van der Waals surface area (Å²) in [6.45, 7) is 1.26. The Bertz CT molecular complexity index is 1440. The number of hydrogen-bond acceptors (Lipinski definition) is 7. The average Bonchev–Trinajstić information content (AvgIpc) is 3.64. The molecule has 3 aromatic rings. The van der Waals surface area contributed by atoms with Gasteiger partial charge in [0.2, 0.25) is 0 Å². The summed E-state index contributed by atoms with van der Waals surface area (Å²) in [4.78, 5) is 30.1. The largest absolute Gasteiger partial charge is 0.469 e. The number of likely N-dealkylation sites (tertiary alicyclic amines) is 1. The Hall–Kier alpha value is -4.31. The molecule has 0 bridgehead atoms. The Morgan fingerprint density at radius 3 is 2.33 bits per heavy atom. The van der Waals surface area contributed by atoms with E-state index in [0.29, 0.717) is 12.3 Å². The molecule has 4 rings (SSSR count). The van der Waals surface area contributed by atoms with Crippen molar-refractivity contribution in [1.82, 2.24) is 19.6 Å². The smallest absolute Gasteiger partial charge is 0.394 e. The van der Waals surface area contributed by atoms with Gasteiger partial charge in [-0.15, -0.1) is 0 Å². The van der Waals surface area contributed by atoms with E-state index >= 15 is 0 Å². The molecule has 0 radical (unpaired) electrons. The standard InChI is InChI=1S/C27H30F3N7O3/c1-16-19(9-10-40-16)25(38)37-24(35(4)13-18-7-5-17(11-31)6-8-18)20(12-32)23(33-37)21-14-36(26(39)34(2)3)15-22(21)27(28,29)30/h5-10,21-22H,11,13-15,31H2,1-4H3. The number of anilines is 1. The SMILES string of the molecule is Cc1occc1C(=O)n1nc(C2CN(C(=O)N(C)C)CC2C(F)(F)F)c(C#N)c1N(C)Cc1ccc(CN)cc1. The molecule has 1 aliphatic rings. The predicted octanol–water partition coefficient (Wildman–Crippen LogP) is 3.70. The number of aryl methyl sites for hydroxylation is 1. The van der Waals surface area contributed by atoms with Gasteiger partial charge in [-0.2, -0.15) is 28.2 Å². The van der Waals surface area contributed by atoms with Crippen molar-refractivity contribution >= 4 is 17.8 Å². The highest BCUT2D eigenvalue weighted by Gasteiger charge is 2.53. The number of carbonyl (C=O) groups excluding carboxylic acids is 2. The van der Waals surface area contributed by atoms with Crippen LogP contribution in [-0.4, -0.2) is 71.9 Å². The highest BCUT2D eigenvalue weighted by Crippen LogP contribution is 2.45. The minimum Gasteiger partial charge on any atom is -0.469 e. The monoisotopic (exact) mass is 557 g/mol. The molecular formula is C27H30F3N7O3. The fraction of sp³-hybridized carbons (Fsp3) is 0.407. The molecule has 0 spiro atoms. The van der Waals surface area contributed by atoms with Gasteiger partial charge in [-0.3, -0.25) is 4.79 Å². The van der Waals surface area contributed by atoms with Gasteiger partial charge in [0.1, 0.15) is 17.4 Å². The van der Waals surface area contributed by atoms with Crippen molar-refractivity contribution < 1.29 is 27.2 Å². The summed E-state index contributed by atoms with van der Waals surface area (Å²) >= 11 is 0. The molecule has 0 saturated carbocycles. The molecule has 2 aromatic heterocycles. The molecule has 2 N–H and O–H groups in total. The molecule has 212 valence electrons. The van der Waals surface area contributed by atoms with Crippen molar-refractivity contribution in [1.29, 1.82) is 5.26 Å². The summed E-state index contributed by atoms with van der Waals surface area (Å²) < 4.78 is 49.0. The number of nitrogens with zero attached hydrogens (tertiary/aromatic N) is 6. The lowest BCUT2D eigenvalue weighted by atomic mass is 9.90. The molecule has 1 saturated heterocycles. The highest BCUT2D eigenvalue weighted by molar-refractivity contribution is 5.98. The highest BCUT2D eigenvalue weighted by atomic mass is 19.4. The van der Waals surface area contributed by atoms with Crippen LogP contribution in [0, 0.1) is 24.2 Å². The van der Waals surface area contributed by atoms with Crippen molar-refractivity contribution in [2.24, 2.45) is 11.7 Å². The zero-order valence-electron chi connectivity index (χ0n) is 22.6. The van der Waals surface area contributed by atoms with Gasteiger partial charge in [0.05, 0.1) is 23.4 Å². The van der Waals surface area contributed by atoms with Crippen LogP contribution in [0.5, 0.6) is 0 Å². The Kier molecular flexibility index (Phi) is 7.93. The van der Waals surface area contributed by atoms with Gasteiger partial charge in [-0.1, -0.05) is 24.3 Å². The van der Waals surface area contributed by atoms with E-state index in [9.17, 15) is 28.0 Å². The maximum Gasteiger partial charge on any atom is 0.394 e. The number of rotatable bonds is 6. The number of nitrogens with two attached hydrogens (primary N) is 1. The summed E-state index contributed by atoms with van der Waals surface area (Å²) in [6, 6.07) is 10.2. The fourth-order valence-corrected chi connectivity index (χ4v) is 4.99. The van der Waals surface area contributed by atoms with E-state index in [1.165, 1.54) is 31.3 Å². The van der Waals surface area contributed by atoms with Crippen molar-refractivity contribution in [3.8, 4) is 6.07 Å². The van der Waals surface area contributed by atoms with Crippen molar-refractivity contribution in [2.75, 3.05) is 39.1 Å². The van der Waals surface area contributed by atoms with Crippen LogP contribution < -0.4 is 10.6 Å². The first kappa shape index (κ1) is 28.7. The molecule has 10 nitrogen and oxygen atoms in total. The van der Waals surface area contributed by atoms with E-state index in [2.05, 4.69) is 5.10 Å². The van der Waals surface area contributed by atoms with Gasteiger partial charge in [-0.25, -0.2) is 4.79 Å². The maximum atomic E-state index is 14.3. The van der Waals surface area contributed by atoms with Crippen LogP contribution in [0.4, 0.5) is 23.8 Å². The molecule has 2 unspecified atom stereocenters. The predicted molar refractivity (Wildman–Crippen MR) is 139 cm³/mol. The first-order valence-electron chi connectivity index (χ1n) is 12.5. The molecule has 1 aromatic carbocycles. The van der Waals surface area contributed by atoms with Gasteiger partial charge >= 0.3 is 12.2 Å². The van der Waals surface area contributed by atoms with Crippen LogP contribution in [0.15, 0.2) is 41.0 Å². The Labute approximate surface area is 229 Å². The van der Waals surface area contributed by atoms with Crippen molar-refractivity contribution in [3.05, 3.63) is 70.3 Å². The minimum atomic E-state index is -4.68. The number of furan rings is 1. The lowest BCUT2D eigenvalue weighted by Gasteiger charge is -2.21. The first-order chi connectivity index (χ1) is 18.9. The van der Waals surface area contributed by atoms with E-state index < -0.39 is 36.5 Å². The number of alkyl halides is 3. The van der Waals surface area contributed by atoms with Crippen LogP contribution in [0.1, 0.15) is 44.4 Å². The van der Waals surface area contributed by atoms with Gasteiger partial charge < -0.3 is 24.9 Å². The number of hydrogen-bond donors (Lipinski definition) is 1. The van der Waals surface area contributed by atoms with Crippen LogP contribution in [0.2, 0.25) is 0 Å². The van der Waals surface area contributed by atoms with Crippen molar-refractivity contribution in [3.63, 3.8) is 0 Å². The summed E-state index contributed by atoms with van der Waals surface area (Å²) in [7, 11) is 4.53. The zero-order chi connectivity index (χ0) is 29.4. The quantitative estimate of drug-likeness (QED) is 0.490. The van der Waals surface area contributed by atoms with Crippen LogP contribution in [0.25, 0.3) is 0 Å². The van der Waals surface area contributed by atoms with E-state index in [-0.39, 0.29) is 35.7 Å². The number of aromatic nitrogens is 2. The van der Waals surface area contributed by atoms with E-state index in [4.69, 9.17) is 10.2 Å². The molecular weight excluding hydrogens is 527 g/mol. The molecule has 13 heteroatoms. The second-order valence-electron chi connectivity index (χ2n) is 10.0. The molecule has 1 fully saturated rings. The minimum absolute atomic E-state index is 0.0457. The molecule has 2 amide bonds. The summed E-state index contributed by atoms with van der Waals surface area (Å²) in [5.74, 6) is -3.64. The fourth-order valence-electron chi connectivity index (χ4n) is 4.99. The number of amides is 2. The Morgan fingerprint density at radius 1 is 1.15 bits per heavy atom. The number of carbonyl (C=O) groups is 2. The lowest BCUT2D eigenvalue weighted by molar-refractivity contribution is -0.174. The molecule has 2 atom stereocenters. The average molecular weight is 558 g/mol. The topological polar surface area (TPSA) is 125 Å². The first-order valence-corrected chi connectivity index (χ1v) is 12.5. The summed E-state index contributed by atoms with van der Waals surface area (Å²) in [5.41, 5.74) is 7.23. The van der Waals surface area contributed by atoms with Gasteiger partial charge in [-0.05, 0) is 24.1 Å². The third-order valence-electron chi connectivity index (χ3n) is 7.07. The van der Waals surface area contributed by atoms with Gasteiger partial charge in [0, 0.05) is 53.2 Å². The third kappa shape index (κ3) is 5.40. The number of benzene rings is 1. The second kappa shape index (κ2) is 11.1. The molecule has 0 aliphatic carbocycles. The number of halogens is 3. The second-order valence-corrected chi connectivity index (χ2v) is 10.0. The molecule has 3 heterocycles. The van der Waals surface area contributed by atoms with E-state index in [1.807, 2.05) is 30.3 Å².